The number of furan rings is 1. The van der Waals surface area contributed by atoms with Gasteiger partial charge in [-0.05, 0) is 60.0 Å². The zero-order valence-corrected chi connectivity index (χ0v) is 24.6. The molecule has 4 heterocycles. The van der Waals surface area contributed by atoms with Gasteiger partial charge in [0, 0.05) is 43.6 Å². The molecule has 0 aliphatic rings. The van der Waals surface area contributed by atoms with Crippen LogP contribution in [-0.2, 0) is 25.5 Å². The molecule has 6 aromatic rings. The zero-order chi connectivity index (χ0) is 26.0. The van der Waals surface area contributed by atoms with Gasteiger partial charge in [-0.1, -0.05) is 49.9 Å². The van der Waals surface area contributed by atoms with Crippen molar-refractivity contribution in [3.05, 3.63) is 114 Å². The van der Waals surface area contributed by atoms with Gasteiger partial charge in [0.1, 0.15) is 0 Å². The molecule has 4 aromatic heterocycles. The fraction of sp³-hybridized carbons (Fsp3) is 0.182. The predicted molar refractivity (Wildman–Crippen MR) is 150 cm³/mol. The first-order valence-electron chi connectivity index (χ1n) is 12.4. The van der Waals surface area contributed by atoms with E-state index in [-0.39, 0.29) is 25.5 Å². The maximum atomic E-state index is 6.06. The fourth-order valence-electron chi connectivity index (χ4n) is 4.12. The molecule has 0 aliphatic heterocycles. The molecule has 6 rings (SSSR count). The van der Waals surface area contributed by atoms with Gasteiger partial charge in [-0.2, -0.15) is 0 Å². The van der Waals surface area contributed by atoms with E-state index in [0.717, 1.165) is 44.6 Å². The Kier molecular flexibility index (Phi) is 8.20. The van der Waals surface area contributed by atoms with Crippen LogP contribution in [0.2, 0.25) is 0 Å². The van der Waals surface area contributed by atoms with Crippen LogP contribution in [0.3, 0.4) is 0 Å². The number of aromatic nitrogens is 3. The minimum absolute atomic E-state index is 0. The van der Waals surface area contributed by atoms with Crippen LogP contribution in [0.15, 0.2) is 89.6 Å². The van der Waals surface area contributed by atoms with Crippen LogP contribution in [0, 0.1) is 26.0 Å². The van der Waals surface area contributed by atoms with Crippen molar-refractivity contribution in [1.82, 2.24) is 15.0 Å². The van der Waals surface area contributed by atoms with Gasteiger partial charge in [0.25, 0.3) is 0 Å². The van der Waals surface area contributed by atoms with Crippen molar-refractivity contribution in [1.29, 1.82) is 0 Å². The molecule has 0 unspecified atom stereocenters. The third kappa shape index (κ3) is 5.91. The van der Waals surface area contributed by atoms with Gasteiger partial charge in [-0.3, -0.25) is 0 Å². The molecule has 0 saturated heterocycles. The van der Waals surface area contributed by atoms with Crippen molar-refractivity contribution >= 4 is 22.1 Å². The summed E-state index contributed by atoms with van der Waals surface area (Å²) in [5.74, 6) is 0. The number of fused-ring (bicyclic) bond motifs is 3. The Balaban J connectivity index is 0.000000204. The van der Waals surface area contributed by atoms with Gasteiger partial charge >= 0.3 is 0 Å². The first-order chi connectivity index (χ1) is 17.8. The second kappa shape index (κ2) is 11.4. The molecule has 193 valence electrons. The molecule has 38 heavy (non-hydrogen) atoms. The number of hydrogen-bond acceptors (Lipinski definition) is 4. The summed E-state index contributed by atoms with van der Waals surface area (Å²) >= 11 is 0. The van der Waals surface area contributed by atoms with Gasteiger partial charge in [-0.25, -0.2) is 4.98 Å². The van der Waals surface area contributed by atoms with E-state index in [1.54, 1.807) is 0 Å². The van der Waals surface area contributed by atoms with Gasteiger partial charge in [0.05, 0.1) is 5.58 Å². The third-order valence-electron chi connectivity index (χ3n) is 6.22. The molecule has 5 heteroatoms. The Hall–Kier alpha value is -3.66. The molecule has 0 aliphatic carbocycles. The molecule has 0 fully saturated rings. The Morgan fingerprint density at radius 3 is 2.34 bits per heavy atom. The number of aryl methyl sites for hydroxylation is 2. The molecule has 4 nitrogen and oxygen atoms in total. The summed E-state index contributed by atoms with van der Waals surface area (Å²) in [5.41, 5.74) is 8.68. The third-order valence-corrected chi connectivity index (χ3v) is 6.22. The standard InChI is InChI=1S/C21H19N2O.C12H10N.Ir/c1-13-8-9-16-15-6-5-7-17(19(15)24-20(16)23-13)18-12-14(10-11-22-18)21(2,3)4;1-10-7-8-12(13-9-10)11-5-3-2-4-6-11;/h5-6,8-12H,1-4H3;2-5,7-9H,1H3;/q2*-1;. The number of nitrogens with zero attached hydrogens (tertiary/aromatic N) is 3. The molecule has 0 N–H and O–H groups in total. The van der Waals surface area contributed by atoms with Crippen molar-refractivity contribution in [2.45, 2.75) is 40.0 Å². The molecule has 2 aromatic carbocycles. The van der Waals surface area contributed by atoms with Crippen LogP contribution in [0.5, 0.6) is 0 Å². The summed E-state index contributed by atoms with van der Waals surface area (Å²) in [6.45, 7) is 10.6. The topological polar surface area (TPSA) is 51.8 Å². The van der Waals surface area contributed by atoms with E-state index in [4.69, 9.17) is 4.42 Å². The molecular weight excluding hydrogens is 647 g/mol. The summed E-state index contributed by atoms with van der Waals surface area (Å²) in [7, 11) is 0. The number of benzene rings is 2. The van der Waals surface area contributed by atoms with Crippen molar-refractivity contribution in [2.75, 3.05) is 0 Å². The van der Waals surface area contributed by atoms with Crippen molar-refractivity contribution < 1.29 is 24.5 Å². The monoisotopic (exact) mass is 676 g/mol. The van der Waals surface area contributed by atoms with E-state index in [0.29, 0.717) is 5.71 Å². The number of hydrogen-bond donors (Lipinski definition) is 0. The van der Waals surface area contributed by atoms with E-state index in [1.807, 2.05) is 74.8 Å². The Morgan fingerprint density at radius 1 is 0.789 bits per heavy atom. The summed E-state index contributed by atoms with van der Waals surface area (Å²) in [4.78, 5) is 13.4. The second-order valence-corrected chi connectivity index (χ2v) is 10.2. The van der Waals surface area contributed by atoms with Crippen LogP contribution in [0.1, 0.15) is 37.6 Å². The van der Waals surface area contributed by atoms with Crippen LogP contribution in [0.4, 0.5) is 0 Å². The van der Waals surface area contributed by atoms with Gasteiger partial charge in [0.15, 0.2) is 0 Å². The average Bonchev–Trinajstić information content (AvgIpc) is 3.27. The van der Waals surface area contributed by atoms with Gasteiger partial charge in [0.2, 0.25) is 5.71 Å². The quantitative estimate of drug-likeness (QED) is 0.173. The molecule has 0 saturated carbocycles. The van der Waals surface area contributed by atoms with Crippen LogP contribution < -0.4 is 0 Å². The van der Waals surface area contributed by atoms with Crippen LogP contribution >= 0.6 is 0 Å². The number of rotatable bonds is 2. The van der Waals surface area contributed by atoms with Gasteiger partial charge in [-0.15, -0.1) is 54.1 Å². The van der Waals surface area contributed by atoms with Crippen molar-refractivity contribution in [3.63, 3.8) is 0 Å². The molecule has 0 atom stereocenters. The Labute approximate surface area is 237 Å². The normalized spacial score (nSPS) is 11.1. The molecular formula is C33H29IrN3O-2. The first kappa shape index (κ1) is 27.4. The first-order valence-corrected chi connectivity index (χ1v) is 12.4. The molecule has 0 spiro atoms. The minimum Gasteiger partial charge on any atom is -0.486 e. The molecule has 0 bridgehead atoms. The SMILES string of the molecule is Cc1ccc(-c2[c-]cccc2)nc1.Cc1ccc2c(n1)oc1c(-c3cc(C(C)(C)C)ccn3)[c-]ccc12.[Ir]. The number of pyridine rings is 3. The largest absolute Gasteiger partial charge is 0.486 e. The summed E-state index contributed by atoms with van der Waals surface area (Å²) in [6, 6.07) is 30.6. The van der Waals surface area contributed by atoms with E-state index in [9.17, 15) is 0 Å². The van der Waals surface area contributed by atoms with E-state index >= 15 is 0 Å². The summed E-state index contributed by atoms with van der Waals surface area (Å²) < 4.78 is 6.06. The second-order valence-electron chi connectivity index (χ2n) is 10.2. The maximum absolute atomic E-state index is 6.06. The smallest absolute Gasteiger partial charge is 0.216 e. The zero-order valence-electron chi connectivity index (χ0n) is 22.2. The molecule has 1 radical (unpaired) electrons. The van der Waals surface area contributed by atoms with Crippen molar-refractivity contribution in [2.24, 2.45) is 0 Å². The van der Waals surface area contributed by atoms with E-state index < -0.39 is 0 Å². The Bertz CT molecular complexity index is 1670. The molecule has 0 amide bonds. The minimum atomic E-state index is 0. The van der Waals surface area contributed by atoms with E-state index in [1.165, 1.54) is 11.1 Å². The summed E-state index contributed by atoms with van der Waals surface area (Å²) in [5, 5.41) is 2.08. The fourth-order valence-corrected chi connectivity index (χ4v) is 4.12. The Morgan fingerprint density at radius 2 is 1.63 bits per heavy atom. The van der Waals surface area contributed by atoms with Crippen LogP contribution in [0.25, 0.3) is 44.6 Å². The van der Waals surface area contributed by atoms with Crippen molar-refractivity contribution in [3.8, 4) is 22.5 Å². The maximum Gasteiger partial charge on any atom is 0.216 e. The van der Waals surface area contributed by atoms with Crippen LogP contribution in [-0.4, -0.2) is 15.0 Å². The predicted octanol–water partition coefficient (Wildman–Crippen LogP) is 8.30. The van der Waals surface area contributed by atoms with E-state index in [2.05, 4.69) is 72.1 Å². The summed E-state index contributed by atoms with van der Waals surface area (Å²) in [6.07, 6.45) is 3.73. The average molecular weight is 676 g/mol. The van der Waals surface area contributed by atoms with Gasteiger partial charge < -0.3 is 14.4 Å².